The van der Waals surface area contributed by atoms with Crippen LogP contribution in [0.4, 0.5) is 0 Å². The van der Waals surface area contributed by atoms with Gasteiger partial charge in [-0.25, -0.2) is 4.98 Å². The number of allylic oxidation sites excluding steroid dienone is 4. The fourth-order valence-electron chi connectivity index (χ4n) is 9.24. The van der Waals surface area contributed by atoms with E-state index in [4.69, 9.17) is 9.47 Å². The van der Waals surface area contributed by atoms with Gasteiger partial charge in [0.15, 0.2) is 28.6 Å². The highest BCUT2D eigenvalue weighted by atomic mass is 32.2. The highest BCUT2D eigenvalue weighted by Crippen LogP contribution is 2.69. The van der Waals surface area contributed by atoms with Crippen molar-refractivity contribution in [2.75, 3.05) is 5.75 Å². The van der Waals surface area contributed by atoms with E-state index in [9.17, 15) is 14.7 Å². The van der Waals surface area contributed by atoms with Crippen molar-refractivity contribution >= 4 is 34.4 Å². The summed E-state index contributed by atoms with van der Waals surface area (Å²) in [7, 11) is 0. The van der Waals surface area contributed by atoms with Gasteiger partial charge < -0.3 is 19.6 Å². The molecule has 2 heterocycles. The van der Waals surface area contributed by atoms with Gasteiger partial charge in [0.25, 0.3) is 0 Å². The first-order valence-electron chi connectivity index (χ1n) is 14.8. The summed E-state index contributed by atoms with van der Waals surface area (Å²) >= 11 is 1.41. The van der Waals surface area contributed by atoms with Crippen LogP contribution >= 0.6 is 11.8 Å². The molecular weight excluding hydrogens is 524 g/mol. The minimum Gasteiger partial charge on any atom is -0.393 e. The van der Waals surface area contributed by atoms with Crippen molar-refractivity contribution in [2.24, 2.45) is 28.6 Å². The van der Waals surface area contributed by atoms with E-state index in [1.807, 2.05) is 30.3 Å². The van der Waals surface area contributed by atoms with Gasteiger partial charge in [-0.1, -0.05) is 62.7 Å². The van der Waals surface area contributed by atoms with Crippen molar-refractivity contribution in [3.63, 3.8) is 0 Å². The summed E-state index contributed by atoms with van der Waals surface area (Å²) in [6, 6.07) is 7.86. The van der Waals surface area contributed by atoms with Gasteiger partial charge in [-0.05, 0) is 68.2 Å². The van der Waals surface area contributed by atoms with E-state index in [1.165, 1.54) is 11.8 Å². The Morgan fingerprint density at radius 1 is 1.27 bits per heavy atom. The van der Waals surface area contributed by atoms with Gasteiger partial charge in [-0.2, -0.15) is 0 Å². The number of nitrogens with zero attached hydrogens (tertiary/aromatic N) is 1. The third-order valence-electron chi connectivity index (χ3n) is 10.9. The molecule has 8 heteroatoms. The standard InChI is InChI=1S/C32H38N2O5S/c1-4-7-27-38-26-15-21-20-11-10-18-14-19(35)12-13-30(18,2)28(20)24(36)16-31(21,3)32(26,39-27)25(37)17-40-29-33-22-8-5-6-9-23(22)34-29/h5-6,8-9,12-14,20-21,24,26-28,36H,4,7,10-11,15-17H2,1-3H3,(H,33,34)/t20?,21?,24-,26+,27-,28?,30?,31?,32+/m0/s1. The SMILES string of the molecule is CCC[C@H]1O[C@@H]2CC3C4CCC5=CC(=O)C=CC5(C)C4[C@@H](O)CC3(C)[C@]2(C(=O)CSc2nc3ccccc3[nH]2)O1. The molecule has 1 aromatic heterocycles. The first kappa shape index (κ1) is 26.6. The number of carbonyl (C=O) groups is 2. The molecule has 2 N–H and O–H groups in total. The highest BCUT2D eigenvalue weighted by molar-refractivity contribution is 7.99. The lowest BCUT2D eigenvalue weighted by atomic mass is 9.46. The Morgan fingerprint density at radius 2 is 2.10 bits per heavy atom. The lowest BCUT2D eigenvalue weighted by Gasteiger charge is -2.59. The van der Waals surface area contributed by atoms with Crippen molar-refractivity contribution in [1.82, 2.24) is 9.97 Å². The maximum absolute atomic E-state index is 14.4. The topological polar surface area (TPSA) is 102 Å². The molecule has 0 spiro atoms. The molecule has 212 valence electrons. The first-order chi connectivity index (χ1) is 19.2. The number of aromatic nitrogens is 2. The quantitative estimate of drug-likeness (QED) is 0.455. The Hall–Kier alpha value is -2.26. The normalized spacial score (nSPS) is 41.8. The summed E-state index contributed by atoms with van der Waals surface area (Å²) in [4.78, 5) is 34.6. The zero-order valence-electron chi connectivity index (χ0n) is 23.4. The van der Waals surface area contributed by atoms with E-state index in [0.717, 1.165) is 48.7 Å². The molecule has 1 saturated heterocycles. The van der Waals surface area contributed by atoms with Crippen LogP contribution in [0.25, 0.3) is 11.0 Å². The van der Waals surface area contributed by atoms with Crippen LogP contribution in [0.5, 0.6) is 0 Å². The Morgan fingerprint density at radius 3 is 2.90 bits per heavy atom. The molecule has 5 unspecified atom stereocenters. The van der Waals surface area contributed by atoms with Crippen molar-refractivity contribution in [3.8, 4) is 0 Å². The molecule has 40 heavy (non-hydrogen) atoms. The second kappa shape index (κ2) is 9.38. The lowest BCUT2D eigenvalue weighted by Crippen LogP contribution is -2.63. The van der Waals surface area contributed by atoms with Crippen LogP contribution < -0.4 is 0 Å². The van der Waals surface area contributed by atoms with Crippen LogP contribution in [0.1, 0.15) is 59.3 Å². The number of benzene rings is 1. The number of carbonyl (C=O) groups excluding carboxylic acids is 2. The van der Waals surface area contributed by atoms with Crippen molar-refractivity contribution in [1.29, 1.82) is 0 Å². The molecular formula is C32H38N2O5S. The number of ketones is 2. The summed E-state index contributed by atoms with van der Waals surface area (Å²) < 4.78 is 13.3. The van der Waals surface area contributed by atoms with Gasteiger partial charge >= 0.3 is 0 Å². The molecule has 4 aliphatic carbocycles. The number of hydrogen-bond acceptors (Lipinski definition) is 7. The fraction of sp³-hybridized carbons (Fsp3) is 0.594. The summed E-state index contributed by atoms with van der Waals surface area (Å²) in [6.45, 7) is 6.45. The van der Waals surface area contributed by atoms with Gasteiger partial charge in [0, 0.05) is 16.7 Å². The van der Waals surface area contributed by atoms with Crippen LogP contribution in [0.15, 0.2) is 53.2 Å². The molecule has 7 rings (SSSR count). The second-order valence-electron chi connectivity index (χ2n) is 12.9. The van der Waals surface area contributed by atoms with Gasteiger partial charge in [0.05, 0.1) is 29.0 Å². The molecule has 9 atom stereocenters. The van der Waals surface area contributed by atoms with Gasteiger partial charge in [-0.15, -0.1) is 0 Å². The predicted molar refractivity (Wildman–Crippen MR) is 153 cm³/mol. The lowest BCUT2D eigenvalue weighted by molar-refractivity contribution is -0.197. The van der Waals surface area contributed by atoms with E-state index in [0.29, 0.717) is 11.6 Å². The molecule has 7 nitrogen and oxygen atoms in total. The number of thioether (sulfide) groups is 1. The number of rotatable bonds is 6. The molecule has 5 aliphatic rings. The smallest absolute Gasteiger partial charge is 0.178 e. The van der Waals surface area contributed by atoms with Crippen LogP contribution in [-0.4, -0.2) is 56.5 Å². The number of aromatic amines is 1. The van der Waals surface area contributed by atoms with Crippen molar-refractivity contribution in [3.05, 3.63) is 48.1 Å². The van der Waals surface area contributed by atoms with E-state index < -0.39 is 23.4 Å². The summed E-state index contributed by atoms with van der Waals surface area (Å²) in [6.07, 6.45) is 8.72. The third kappa shape index (κ3) is 3.65. The zero-order valence-corrected chi connectivity index (χ0v) is 24.2. The number of hydrogen-bond donors (Lipinski definition) is 2. The highest BCUT2D eigenvalue weighted by Gasteiger charge is 2.75. The Labute approximate surface area is 239 Å². The molecule has 2 aromatic rings. The van der Waals surface area contributed by atoms with Gasteiger partial charge in [0.2, 0.25) is 0 Å². The average molecular weight is 563 g/mol. The Balaban J connectivity index is 1.22. The Kier molecular flexibility index (Phi) is 6.24. The minimum absolute atomic E-state index is 0.00253. The van der Waals surface area contributed by atoms with E-state index in [-0.39, 0.29) is 46.6 Å². The van der Waals surface area contributed by atoms with Crippen molar-refractivity contribution in [2.45, 2.75) is 88.6 Å². The summed E-state index contributed by atoms with van der Waals surface area (Å²) in [5.74, 6) is 0.675. The number of para-hydroxylation sites is 2. The summed E-state index contributed by atoms with van der Waals surface area (Å²) in [5, 5.41) is 12.6. The number of H-pyrrole nitrogens is 1. The zero-order chi connectivity index (χ0) is 27.9. The van der Waals surface area contributed by atoms with Crippen LogP contribution in [0, 0.1) is 28.6 Å². The molecule has 4 fully saturated rings. The van der Waals surface area contributed by atoms with E-state index >= 15 is 0 Å². The number of ether oxygens (including phenoxy) is 2. The summed E-state index contributed by atoms with van der Waals surface area (Å²) in [5.41, 5.74) is 0.949. The predicted octanol–water partition coefficient (Wildman–Crippen LogP) is 5.39. The van der Waals surface area contributed by atoms with E-state index in [2.05, 4.69) is 30.7 Å². The molecule has 1 aliphatic heterocycles. The molecule has 1 aromatic carbocycles. The minimum atomic E-state index is -1.10. The number of Topliss-reactive ketones (excluding diaryl/α,β-unsaturated/α-hetero) is 1. The van der Waals surface area contributed by atoms with Crippen LogP contribution in [0.3, 0.4) is 0 Å². The molecule has 0 radical (unpaired) electrons. The van der Waals surface area contributed by atoms with Crippen LogP contribution in [-0.2, 0) is 19.1 Å². The molecule has 0 amide bonds. The first-order valence-corrected chi connectivity index (χ1v) is 15.7. The number of imidazole rings is 1. The van der Waals surface area contributed by atoms with Gasteiger partial charge in [0.1, 0.15) is 0 Å². The maximum Gasteiger partial charge on any atom is 0.178 e. The number of aliphatic hydroxyl groups is 1. The average Bonchev–Trinajstić information content (AvgIpc) is 3.57. The van der Waals surface area contributed by atoms with Crippen LogP contribution in [0.2, 0.25) is 0 Å². The number of nitrogens with one attached hydrogen (secondary N) is 1. The largest absolute Gasteiger partial charge is 0.393 e. The second-order valence-corrected chi connectivity index (χ2v) is 13.9. The molecule has 0 bridgehead atoms. The Bertz CT molecular complexity index is 1400. The maximum atomic E-state index is 14.4. The number of aliphatic hydroxyl groups excluding tert-OH is 1. The fourth-order valence-corrected chi connectivity index (χ4v) is 10.1. The monoisotopic (exact) mass is 562 g/mol. The third-order valence-corrected chi connectivity index (χ3v) is 11.8. The van der Waals surface area contributed by atoms with Gasteiger partial charge in [-0.3, -0.25) is 9.59 Å². The molecule has 3 saturated carbocycles. The van der Waals surface area contributed by atoms with Crippen molar-refractivity contribution < 1.29 is 24.2 Å². The van der Waals surface area contributed by atoms with E-state index in [1.54, 1.807) is 12.2 Å². The number of fused-ring (bicyclic) bond motifs is 8.